The average Bonchev–Trinajstić information content (AvgIpc) is 2.97. The van der Waals surface area contributed by atoms with Gasteiger partial charge in [0.15, 0.2) is 11.5 Å². The number of rotatable bonds is 2. The van der Waals surface area contributed by atoms with Crippen LogP contribution in [0.3, 0.4) is 0 Å². The molecule has 2 aliphatic rings. The Balaban J connectivity index is 1.74. The van der Waals surface area contributed by atoms with Gasteiger partial charge in [0, 0.05) is 11.1 Å². The lowest BCUT2D eigenvalue weighted by atomic mass is 9.97. The number of nitrogens with one attached hydrogen (secondary N) is 2. The second kappa shape index (κ2) is 4.92. The Kier molecular flexibility index (Phi) is 2.90. The lowest BCUT2D eigenvalue weighted by Crippen LogP contribution is -2.21. The summed E-state index contributed by atoms with van der Waals surface area (Å²) >= 11 is 0. The van der Waals surface area contributed by atoms with Crippen LogP contribution in [0.15, 0.2) is 36.4 Å². The number of hydrogen-bond donors (Lipinski definition) is 3. The number of benzene rings is 2. The maximum Gasteiger partial charge on any atom is 0.248 e. The van der Waals surface area contributed by atoms with Crippen molar-refractivity contribution in [3.05, 3.63) is 53.1 Å². The summed E-state index contributed by atoms with van der Waals surface area (Å²) in [6, 6.07) is 11.1. The molecule has 0 spiro atoms. The van der Waals surface area contributed by atoms with Gasteiger partial charge in [-0.1, -0.05) is 6.07 Å². The van der Waals surface area contributed by atoms with Crippen LogP contribution in [-0.2, 0) is 0 Å². The summed E-state index contributed by atoms with van der Waals surface area (Å²) in [5.41, 5.74) is 15.1. The molecule has 6 heteroatoms. The van der Waals surface area contributed by atoms with E-state index < -0.39 is 5.91 Å². The lowest BCUT2D eigenvalue weighted by molar-refractivity contribution is 0.1000. The number of nitrogens with two attached hydrogens (primary N) is 1. The molecule has 0 fully saturated rings. The lowest BCUT2D eigenvalue weighted by Gasteiger charge is -2.20. The van der Waals surface area contributed by atoms with Gasteiger partial charge >= 0.3 is 0 Å². The Morgan fingerprint density at radius 1 is 1.09 bits per heavy atom. The summed E-state index contributed by atoms with van der Waals surface area (Å²) in [6.07, 6.45) is 0. The first kappa shape index (κ1) is 13.0. The molecule has 0 radical (unpaired) electrons. The number of amides is 1. The van der Waals surface area contributed by atoms with Gasteiger partial charge in [-0.25, -0.2) is 5.43 Å². The predicted octanol–water partition coefficient (Wildman–Crippen LogP) is 1.58. The van der Waals surface area contributed by atoms with E-state index in [2.05, 4.69) is 10.9 Å². The number of carbonyl (C=O) groups excluding carboxylic acids is 1. The average molecular weight is 297 g/mol. The van der Waals surface area contributed by atoms with Crippen LogP contribution in [0.4, 0.5) is 5.69 Å². The van der Waals surface area contributed by atoms with Crippen molar-refractivity contribution in [2.24, 2.45) is 5.73 Å². The molecule has 4 rings (SSSR count). The molecule has 2 aromatic rings. The van der Waals surface area contributed by atoms with Crippen LogP contribution in [0, 0.1) is 0 Å². The molecule has 6 nitrogen and oxygen atoms in total. The first-order chi connectivity index (χ1) is 10.7. The standard InChI is InChI=1S/C16H15N3O3/c17-16(20)10-1-3-12-11(7-10)15(19-18-12)9-2-4-13-14(8-9)22-6-5-21-13/h1-4,7-8,15,18-19H,5-6H2,(H2,17,20). The third kappa shape index (κ3) is 2.05. The van der Waals surface area contributed by atoms with E-state index in [9.17, 15) is 4.79 Å². The van der Waals surface area contributed by atoms with Gasteiger partial charge in [0.1, 0.15) is 13.2 Å². The first-order valence-corrected chi connectivity index (χ1v) is 7.07. The highest BCUT2D eigenvalue weighted by Gasteiger charge is 2.25. The fourth-order valence-corrected chi connectivity index (χ4v) is 2.80. The van der Waals surface area contributed by atoms with Crippen LogP contribution in [0.5, 0.6) is 11.5 Å². The van der Waals surface area contributed by atoms with Crippen molar-refractivity contribution in [1.82, 2.24) is 5.43 Å². The van der Waals surface area contributed by atoms with E-state index >= 15 is 0 Å². The van der Waals surface area contributed by atoms with Gasteiger partial charge in [0.05, 0.1) is 11.7 Å². The zero-order valence-electron chi connectivity index (χ0n) is 11.8. The minimum Gasteiger partial charge on any atom is -0.486 e. The summed E-state index contributed by atoms with van der Waals surface area (Å²) in [6.45, 7) is 1.12. The van der Waals surface area contributed by atoms with Crippen molar-refractivity contribution in [3.63, 3.8) is 0 Å². The quantitative estimate of drug-likeness (QED) is 0.783. The molecule has 2 aromatic carbocycles. The Morgan fingerprint density at radius 2 is 1.91 bits per heavy atom. The van der Waals surface area contributed by atoms with Crippen LogP contribution >= 0.6 is 0 Å². The highest BCUT2D eigenvalue weighted by molar-refractivity contribution is 5.93. The van der Waals surface area contributed by atoms with E-state index in [0.29, 0.717) is 18.8 Å². The van der Waals surface area contributed by atoms with Crippen LogP contribution in [-0.4, -0.2) is 19.1 Å². The largest absolute Gasteiger partial charge is 0.486 e. The monoisotopic (exact) mass is 297 g/mol. The molecule has 0 aliphatic carbocycles. The molecule has 0 saturated heterocycles. The Bertz CT molecular complexity index is 760. The van der Waals surface area contributed by atoms with Gasteiger partial charge in [-0.15, -0.1) is 0 Å². The Hall–Kier alpha value is -2.73. The van der Waals surface area contributed by atoms with E-state index in [1.165, 1.54) is 0 Å². The highest BCUT2D eigenvalue weighted by Crippen LogP contribution is 2.38. The fourth-order valence-electron chi connectivity index (χ4n) is 2.80. The van der Waals surface area contributed by atoms with Crippen molar-refractivity contribution < 1.29 is 14.3 Å². The summed E-state index contributed by atoms with van der Waals surface area (Å²) in [4.78, 5) is 11.4. The van der Waals surface area contributed by atoms with E-state index in [0.717, 1.165) is 28.3 Å². The molecule has 0 aromatic heterocycles. The van der Waals surface area contributed by atoms with E-state index in [4.69, 9.17) is 15.2 Å². The zero-order chi connectivity index (χ0) is 15.1. The summed E-state index contributed by atoms with van der Waals surface area (Å²) < 4.78 is 11.2. The maximum atomic E-state index is 11.4. The molecule has 0 saturated carbocycles. The number of hydrogen-bond acceptors (Lipinski definition) is 5. The molecule has 1 unspecified atom stereocenters. The predicted molar refractivity (Wildman–Crippen MR) is 81.0 cm³/mol. The summed E-state index contributed by atoms with van der Waals surface area (Å²) in [5.74, 6) is 1.06. The normalized spacial score (nSPS) is 18.5. The van der Waals surface area contributed by atoms with Gasteiger partial charge in [0.2, 0.25) is 5.91 Å². The van der Waals surface area contributed by atoms with Gasteiger partial charge in [-0.3, -0.25) is 4.79 Å². The molecule has 2 aliphatic heterocycles. The van der Waals surface area contributed by atoms with Crippen molar-refractivity contribution in [1.29, 1.82) is 0 Å². The van der Waals surface area contributed by atoms with Crippen LogP contribution in [0.2, 0.25) is 0 Å². The molecule has 22 heavy (non-hydrogen) atoms. The molecule has 0 bridgehead atoms. The number of hydrazine groups is 1. The minimum atomic E-state index is -0.435. The number of primary amides is 1. The van der Waals surface area contributed by atoms with E-state index in [1.807, 2.05) is 30.3 Å². The number of ether oxygens (including phenoxy) is 2. The van der Waals surface area contributed by atoms with Crippen LogP contribution in [0.25, 0.3) is 0 Å². The van der Waals surface area contributed by atoms with E-state index in [-0.39, 0.29) is 6.04 Å². The molecule has 2 heterocycles. The van der Waals surface area contributed by atoms with Crippen molar-refractivity contribution in [2.75, 3.05) is 18.6 Å². The first-order valence-electron chi connectivity index (χ1n) is 7.07. The maximum absolute atomic E-state index is 11.4. The van der Waals surface area contributed by atoms with Gasteiger partial charge in [0.25, 0.3) is 0 Å². The molecule has 112 valence electrons. The van der Waals surface area contributed by atoms with Gasteiger partial charge in [-0.2, -0.15) is 0 Å². The molecular weight excluding hydrogens is 282 g/mol. The second-order valence-electron chi connectivity index (χ2n) is 5.27. The Labute approximate surface area is 127 Å². The fraction of sp³-hybridized carbons (Fsp3) is 0.188. The summed E-state index contributed by atoms with van der Waals surface area (Å²) in [7, 11) is 0. The molecular formula is C16H15N3O3. The third-order valence-electron chi connectivity index (χ3n) is 3.90. The van der Waals surface area contributed by atoms with Gasteiger partial charge in [-0.05, 0) is 35.9 Å². The third-order valence-corrected chi connectivity index (χ3v) is 3.90. The number of fused-ring (bicyclic) bond motifs is 2. The number of anilines is 1. The van der Waals surface area contributed by atoms with Crippen molar-refractivity contribution >= 4 is 11.6 Å². The van der Waals surface area contributed by atoms with Crippen LogP contribution in [0.1, 0.15) is 27.5 Å². The van der Waals surface area contributed by atoms with Gasteiger partial charge < -0.3 is 20.6 Å². The SMILES string of the molecule is NC(=O)c1ccc2c(c1)C(c1ccc3c(c1)OCCO3)NN2. The molecule has 4 N–H and O–H groups in total. The highest BCUT2D eigenvalue weighted by atomic mass is 16.6. The molecule has 1 amide bonds. The summed E-state index contributed by atoms with van der Waals surface area (Å²) in [5, 5.41) is 0. The van der Waals surface area contributed by atoms with Crippen molar-refractivity contribution in [2.45, 2.75) is 6.04 Å². The van der Waals surface area contributed by atoms with E-state index in [1.54, 1.807) is 6.07 Å². The van der Waals surface area contributed by atoms with Crippen molar-refractivity contribution in [3.8, 4) is 11.5 Å². The second-order valence-corrected chi connectivity index (χ2v) is 5.27. The zero-order valence-corrected chi connectivity index (χ0v) is 11.8. The number of carbonyl (C=O) groups is 1. The Morgan fingerprint density at radius 3 is 2.73 bits per heavy atom. The minimum absolute atomic E-state index is 0.0786. The van der Waals surface area contributed by atoms with Crippen LogP contribution < -0.4 is 26.1 Å². The smallest absolute Gasteiger partial charge is 0.248 e. The topological polar surface area (TPSA) is 85.6 Å². The molecule has 1 atom stereocenters.